The number of likely N-dealkylation sites (N-methyl/N-ethyl adjacent to an activating group) is 1. The summed E-state index contributed by atoms with van der Waals surface area (Å²) in [6, 6.07) is 5.57. The van der Waals surface area contributed by atoms with E-state index in [0.29, 0.717) is 10.9 Å². The summed E-state index contributed by atoms with van der Waals surface area (Å²) in [5, 5.41) is 5.06. The van der Waals surface area contributed by atoms with E-state index in [9.17, 15) is 9.59 Å². The third-order valence-corrected chi connectivity index (χ3v) is 3.89. The zero-order chi connectivity index (χ0) is 15.0. The Kier molecular flexibility index (Phi) is 3.34. The molecule has 1 aromatic heterocycles. The number of benzene rings is 1. The third-order valence-electron chi connectivity index (χ3n) is 3.13. The molecule has 7 heteroatoms. The Morgan fingerprint density at radius 1 is 1.48 bits per heavy atom. The highest BCUT2D eigenvalue weighted by molar-refractivity contribution is 7.14. The molecule has 0 saturated heterocycles. The van der Waals surface area contributed by atoms with Gasteiger partial charge in [-0.25, -0.2) is 4.98 Å². The first-order valence-corrected chi connectivity index (χ1v) is 7.19. The van der Waals surface area contributed by atoms with Crippen molar-refractivity contribution in [2.45, 2.75) is 6.92 Å². The van der Waals surface area contributed by atoms with Crippen LogP contribution in [0.2, 0.25) is 0 Å². The van der Waals surface area contributed by atoms with E-state index < -0.39 is 0 Å². The molecule has 1 N–H and O–H groups in total. The zero-order valence-corrected chi connectivity index (χ0v) is 12.4. The highest BCUT2D eigenvalue weighted by atomic mass is 32.1. The van der Waals surface area contributed by atoms with Crippen molar-refractivity contribution in [1.29, 1.82) is 0 Å². The Morgan fingerprint density at radius 3 is 3.05 bits per heavy atom. The number of nitrogens with one attached hydrogen (secondary N) is 1. The minimum absolute atomic E-state index is 0.0617. The zero-order valence-electron chi connectivity index (χ0n) is 11.5. The smallest absolute Gasteiger partial charge is 0.264 e. The maximum absolute atomic E-state index is 11.7. The molecule has 0 spiro atoms. The topological polar surface area (TPSA) is 71.5 Å². The van der Waals surface area contributed by atoms with Crippen LogP contribution in [0.25, 0.3) is 11.3 Å². The van der Waals surface area contributed by atoms with Gasteiger partial charge in [0.05, 0.1) is 11.4 Å². The van der Waals surface area contributed by atoms with Crippen molar-refractivity contribution in [2.75, 3.05) is 23.9 Å². The summed E-state index contributed by atoms with van der Waals surface area (Å²) in [6.45, 7) is 1.50. The van der Waals surface area contributed by atoms with Gasteiger partial charge < -0.3 is 15.0 Å². The molecular formula is C14H13N3O3S. The number of amides is 2. The number of nitrogens with zero attached hydrogens (tertiary/aromatic N) is 2. The molecule has 0 atom stereocenters. The number of hydrogen-bond acceptors (Lipinski definition) is 5. The van der Waals surface area contributed by atoms with Crippen molar-refractivity contribution in [2.24, 2.45) is 0 Å². The van der Waals surface area contributed by atoms with Gasteiger partial charge in [0.1, 0.15) is 5.75 Å². The van der Waals surface area contributed by atoms with Gasteiger partial charge >= 0.3 is 0 Å². The number of ether oxygens (including phenoxy) is 1. The van der Waals surface area contributed by atoms with Crippen molar-refractivity contribution < 1.29 is 14.3 Å². The first-order valence-electron chi connectivity index (χ1n) is 6.31. The summed E-state index contributed by atoms with van der Waals surface area (Å²) in [7, 11) is 1.72. The molecule has 0 saturated carbocycles. The second kappa shape index (κ2) is 5.17. The predicted octanol–water partition coefficient (Wildman–Crippen LogP) is 2.12. The molecule has 0 fully saturated rings. The van der Waals surface area contributed by atoms with Gasteiger partial charge in [-0.1, -0.05) is 0 Å². The molecule has 21 heavy (non-hydrogen) atoms. The summed E-state index contributed by atoms with van der Waals surface area (Å²) in [5.41, 5.74) is 2.34. The molecule has 0 aliphatic carbocycles. The molecule has 1 aromatic carbocycles. The standard InChI is InChI=1S/C14H13N3O3S/c1-8(18)15-14-16-10(7-21-14)9-3-4-12-11(5-9)17(2)13(19)6-20-12/h3-5,7H,6H2,1-2H3,(H,15,16,18). The van der Waals surface area contributed by atoms with Gasteiger partial charge in [-0.05, 0) is 18.2 Å². The fourth-order valence-electron chi connectivity index (χ4n) is 2.05. The lowest BCUT2D eigenvalue weighted by Crippen LogP contribution is -2.35. The maximum Gasteiger partial charge on any atom is 0.264 e. The second-order valence-electron chi connectivity index (χ2n) is 4.64. The van der Waals surface area contributed by atoms with Crippen LogP contribution in [0.1, 0.15) is 6.92 Å². The van der Waals surface area contributed by atoms with E-state index in [4.69, 9.17) is 4.74 Å². The van der Waals surface area contributed by atoms with E-state index in [1.165, 1.54) is 18.3 Å². The van der Waals surface area contributed by atoms with Crippen molar-refractivity contribution in [1.82, 2.24) is 4.98 Å². The van der Waals surface area contributed by atoms with E-state index in [2.05, 4.69) is 10.3 Å². The van der Waals surface area contributed by atoms with Gasteiger partial charge in [0, 0.05) is 24.9 Å². The highest BCUT2D eigenvalue weighted by Gasteiger charge is 2.22. The van der Waals surface area contributed by atoms with Gasteiger partial charge in [0.25, 0.3) is 5.91 Å². The van der Waals surface area contributed by atoms with E-state index in [1.54, 1.807) is 11.9 Å². The van der Waals surface area contributed by atoms with Crippen LogP contribution in [0.4, 0.5) is 10.8 Å². The summed E-state index contributed by atoms with van der Waals surface area (Å²) in [4.78, 5) is 28.6. The van der Waals surface area contributed by atoms with Gasteiger partial charge in [-0.2, -0.15) is 0 Å². The Bertz CT molecular complexity index is 726. The molecule has 0 radical (unpaired) electrons. The number of carbonyl (C=O) groups excluding carboxylic acids is 2. The van der Waals surface area contributed by atoms with E-state index in [0.717, 1.165) is 16.9 Å². The Morgan fingerprint density at radius 2 is 2.29 bits per heavy atom. The monoisotopic (exact) mass is 303 g/mol. The second-order valence-corrected chi connectivity index (χ2v) is 5.50. The fraction of sp³-hybridized carbons (Fsp3) is 0.214. The number of fused-ring (bicyclic) bond motifs is 1. The molecule has 0 bridgehead atoms. The van der Waals surface area contributed by atoms with Crippen LogP contribution in [0.15, 0.2) is 23.6 Å². The number of carbonyl (C=O) groups is 2. The normalized spacial score (nSPS) is 13.6. The van der Waals surface area contributed by atoms with Crippen LogP contribution in [0.5, 0.6) is 5.75 Å². The molecular weight excluding hydrogens is 290 g/mol. The summed E-state index contributed by atoms with van der Waals surface area (Å²) >= 11 is 1.36. The molecule has 3 rings (SSSR count). The lowest BCUT2D eigenvalue weighted by Gasteiger charge is -2.26. The summed E-state index contributed by atoms with van der Waals surface area (Å²) in [5.74, 6) is 0.440. The average Bonchev–Trinajstić information content (AvgIpc) is 2.90. The lowest BCUT2D eigenvalue weighted by molar-refractivity contribution is -0.121. The van der Waals surface area contributed by atoms with E-state index in [1.807, 2.05) is 23.6 Å². The SMILES string of the molecule is CC(=O)Nc1nc(-c2ccc3c(c2)N(C)C(=O)CO3)cs1. The number of thiazole rings is 1. The molecule has 2 aromatic rings. The van der Waals surface area contributed by atoms with Crippen LogP contribution in [-0.2, 0) is 9.59 Å². The molecule has 1 aliphatic rings. The molecule has 1 aliphatic heterocycles. The lowest BCUT2D eigenvalue weighted by atomic mass is 10.1. The third kappa shape index (κ3) is 2.59. The predicted molar refractivity (Wildman–Crippen MR) is 80.8 cm³/mol. The maximum atomic E-state index is 11.7. The largest absolute Gasteiger partial charge is 0.482 e. The van der Waals surface area contributed by atoms with Crippen LogP contribution in [-0.4, -0.2) is 30.5 Å². The summed E-state index contributed by atoms with van der Waals surface area (Å²) < 4.78 is 5.39. The molecule has 108 valence electrons. The Balaban J connectivity index is 1.95. The van der Waals surface area contributed by atoms with Crippen LogP contribution < -0.4 is 15.0 Å². The van der Waals surface area contributed by atoms with Gasteiger partial charge in [0.15, 0.2) is 11.7 Å². The molecule has 2 heterocycles. The van der Waals surface area contributed by atoms with Gasteiger partial charge in [-0.15, -0.1) is 11.3 Å². The minimum atomic E-state index is -0.153. The number of anilines is 2. The van der Waals surface area contributed by atoms with Crippen LogP contribution in [0, 0.1) is 0 Å². The van der Waals surface area contributed by atoms with Crippen LogP contribution in [0.3, 0.4) is 0 Å². The molecule has 2 amide bonds. The fourth-order valence-corrected chi connectivity index (χ4v) is 2.81. The van der Waals surface area contributed by atoms with E-state index >= 15 is 0 Å². The van der Waals surface area contributed by atoms with Crippen molar-refractivity contribution in [3.8, 4) is 17.0 Å². The van der Waals surface area contributed by atoms with E-state index in [-0.39, 0.29) is 18.4 Å². The van der Waals surface area contributed by atoms with Crippen LogP contribution >= 0.6 is 11.3 Å². The minimum Gasteiger partial charge on any atom is -0.482 e. The molecule has 6 nitrogen and oxygen atoms in total. The number of aromatic nitrogens is 1. The van der Waals surface area contributed by atoms with Crippen molar-refractivity contribution in [3.05, 3.63) is 23.6 Å². The van der Waals surface area contributed by atoms with Gasteiger partial charge in [0.2, 0.25) is 5.91 Å². The average molecular weight is 303 g/mol. The first-order chi connectivity index (χ1) is 10.0. The first kappa shape index (κ1) is 13.6. The highest BCUT2D eigenvalue weighted by Crippen LogP contribution is 2.36. The number of rotatable bonds is 2. The number of hydrogen-bond donors (Lipinski definition) is 1. The Labute approximate surface area is 125 Å². The Hall–Kier alpha value is -2.41. The molecule has 0 unspecified atom stereocenters. The summed E-state index contributed by atoms with van der Waals surface area (Å²) in [6.07, 6.45) is 0. The van der Waals surface area contributed by atoms with Crippen molar-refractivity contribution in [3.63, 3.8) is 0 Å². The quantitative estimate of drug-likeness (QED) is 0.922. The van der Waals surface area contributed by atoms with Gasteiger partial charge in [-0.3, -0.25) is 9.59 Å². The van der Waals surface area contributed by atoms with Crippen molar-refractivity contribution >= 4 is 34.0 Å².